The Balaban J connectivity index is 1.70. The van der Waals surface area contributed by atoms with E-state index in [4.69, 9.17) is 14.2 Å². The molecule has 0 saturated heterocycles. The van der Waals surface area contributed by atoms with Crippen molar-refractivity contribution in [2.75, 3.05) is 26.6 Å². The molecule has 0 spiro atoms. The van der Waals surface area contributed by atoms with Gasteiger partial charge in [0, 0.05) is 42.5 Å². The van der Waals surface area contributed by atoms with Crippen LogP contribution in [0.15, 0.2) is 48.7 Å². The first kappa shape index (κ1) is 17.7. The van der Waals surface area contributed by atoms with Crippen LogP contribution >= 0.6 is 0 Å². The van der Waals surface area contributed by atoms with E-state index < -0.39 is 0 Å². The quantitative estimate of drug-likeness (QED) is 0.703. The number of nitrogens with zero attached hydrogens (tertiary/aromatic N) is 1. The van der Waals surface area contributed by atoms with Crippen LogP contribution < -0.4 is 19.5 Å². The van der Waals surface area contributed by atoms with E-state index >= 15 is 0 Å². The third-order valence-corrected chi connectivity index (χ3v) is 4.21. The topological polar surface area (TPSA) is 61.7 Å². The molecular weight excluding hydrogens is 332 g/mol. The third-order valence-electron chi connectivity index (χ3n) is 4.21. The molecule has 0 radical (unpaired) electrons. The molecule has 1 N–H and O–H groups in total. The van der Waals surface area contributed by atoms with E-state index in [1.807, 2.05) is 30.5 Å². The number of fused-ring (bicyclic) bond motifs is 1. The van der Waals surface area contributed by atoms with E-state index in [0.717, 1.165) is 10.9 Å². The standard InChI is InChI=1S/C20H22N2O4/c1-24-17-12-15(13-18(25-2)20(17)26-3)21-19(23)9-11-22-10-8-14-6-4-5-7-16(14)22/h4-8,10,12-13H,9,11H2,1-3H3,(H,21,23). The summed E-state index contributed by atoms with van der Waals surface area (Å²) in [6, 6.07) is 13.6. The lowest BCUT2D eigenvalue weighted by atomic mass is 10.2. The van der Waals surface area contributed by atoms with E-state index in [0.29, 0.717) is 35.9 Å². The molecule has 3 aromatic rings. The molecule has 0 atom stereocenters. The number of amides is 1. The van der Waals surface area contributed by atoms with Gasteiger partial charge in [0.2, 0.25) is 11.7 Å². The molecular formula is C20H22N2O4. The van der Waals surface area contributed by atoms with Crippen LogP contribution in [-0.2, 0) is 11.3 Å². The molecule has 6 heteroatoms. The van der Waals surface area contributed by atoms with Gasteiger partial charge in [-0.1, -0.05) is 18.2 Å². The number of hydrogen-bond donors (Lipinski definition) is 1. The third kappa shape index (κ3) is 3.59. The van der Waals surface area contributed by atoms with Crippen molar-refractivity contribution in [1.82, 2.24) is 4.57 Å². The van der Waals surface area contributed by atoms with Crippen LogP contribution in [0.2, 0.25) is 0 Å². The van der Waals surface area contributed by atoms with Gasteiger partial charge in [-0.3, -0.25) is 4.79 Å². The first-order chi connectivity index (χ1) is 12.7. The number of anilines is 1. The summed E-state index contributed by atoms with van der Waals surface area (Å²) in [5.41, 5.74) is 1.72. The minimum Gasteiger partial charge on any atom is -0.493 e. The van der Waals surface area contributed by atoms with Crippen molar-refractivity contribution in [2.24, 2.45) is 0 Å². The highest BCUT2D eigenvalue weighted by Crippen LogP contribution is 2.39. The zero-order chi connectivity index (χ0) is 18.5. The SMILES string of the molecule is COc1cc(NC(=O)CCn2ccc3ccccc32)cc(OC)c1OC. The first-order valence-electron chi connectivity index (χ1n) is 8.30. The van der Waals surface area contributed by atoms with E-state index in [-0.39, 0.29) is 5.91 Å². The number of aromatic nitrogens is 1. The lowest BCUT2D eigenvalue weighted by Gasteiger charge is -2.14. The summed E-state index contributed by atoms with van der Waals surface area (Å²) < 4.78 is 18.0. The highest BCUT2D eigenvalue weighted by molar-refractivity contribution is 5.91. The second kappa shape index (κ2) is 7.82. The van der Waals surface area contributed by atoms with Crippen molar-refractivity contribution >= 4 is 22.5 Å². The normalized spacial score (nSPS) is 10.6. The van der Waals surface area contributed by atoms with Crippen molar-refractivity contribution in [3.63, 3.8) is 0 Å². The highest BCUT2D eigenvalue weighted by atomic mass is 16.5. The number of hydrogen-bond acceptors (Lipinski definition) is 4. The molecule has 0 saturated carbocycles. The summed E-state index contributed by atoms with van der Waals surface area (Å²) in [7, 11) is 4.63. The maximum absolute atomic E-state index is 12.4. The van der Waals surface area contributed by atoms with Crippen molar-refractivity contribution in [3.05, 3.63) is 48.7 Å². The maximum Gasteiger partial charge on any atom is 0.226 e. The average Bonchev–Trinajstić information content (AvgIpc) is 3.08. The number of ether oxygens (including phenoxy) is 3. The van der Waals surface area contributed by atoms with Gasteiger partial charge in [-0.05, 0) is 17.5 Å². The molecule has 6 nitrogen and oxygen atoms in total. The fourth-order valence-electron chi connectivity index (χ4n) is 2.93. The van der Waals surface area contributed by atoms with E-state index in [9.17, 15) is 4.79 Å². The van der Waals surface area contributed by atoms with Crippen molar-refractivity contribution in [2.45, 2.75) is 13.0 Å². The molecule has 0 bridgehead atoms. The van der Waals surface area contributed by atoms with E-state index in [2.05, 4.69) is 16.0 Å². The number of benzene rings is 2. The van der Waals surface area contributed by atoms with Crippen LogP contribution in [0.3, 0.4) is 0 Å². The fourth-order valence-corrected chi connectivity index (χ4v) is 2.93. The lowest BCUT2D eigenvalue weighted by Crippen LogP contribution is -2.14. The van der Waals surface area contributed by atoms with Gasteiger partial charge < -0.3 is 24.1 Å². The fraction of sp³-hybridized carbons (Fsp3) is 0.250. The Morgan fingerprint density at radius 2 is 1.69 bits per heavy atom. The molecule has 1 heterocycles. The molecule has 0 aliphatic heterocycles. The van der Waals surface area contributed by atoms with E-state index in [1.165, 1.54) is 0 Å². The number of rotatable bonds is 7. The predicted octanol–water partition coefficient (Wildman–Crippen LogP) is 3.70. The Labute approximate surface area is 152 Å². The number of carbonyl (C=O) groups excluding carboxylic acids is 1. The molecule has 3 rings (SSSR count). The summed E-state index contributed by atoms with van der Waals surface area (Å²) in [5, 5.41) is 4.05. The number of nitrogens with one attached hydrogen (secondary N) is 1. The molecule has 1 amide bonds. The van der Waals surface area contributed by atoms with Gasteiger partial charge in [-0.15, -0.1) is 0 Å². The Hall–Kier alpha value is -3.15. The van der Waals surface area contributed by atoms with Crippen LogP contribution in [0.1, 0.15) is 6.42 Å². The van der Waals surface area contributed by atoms with Crippen molar-refractivity contribution < 1.29 is 19.0 Å². The van der Waals surface area contributed by atoms with Crippen LogP contribution in [0, 0.1) is 0 Å². The minimum absolute atomic E-state index is 0.0861. The molecule has 0 aliphatic rings. The second-order valence-electron chi connectivity index (χ2n) is 5.78. The van der Waals surface area contributed by atoms with Crippen molar-refractivity contribution in [3.8, 4) is 17.2 Å². The van der Waals surface area contributed by atoms with Gasteiger partial charge in [0.25, 0.3) is 0 Å². The first-order valence-corrected chi connectivity index (χ1v) is 8.30. The maximum atomic E-state index is 12.4. The smallest absolute Gasteiger partial charge is 0.226 e. The van der Waals surface area contributed by atoms with Crippen LogP contribution in [0.5, 0.6) is 17.2 Å². The van der Waals surface area contributed by atoms with E-state index in [1.54, 1.807) is 33.5 Å². The summed E-state index contributed by atoms with van der Waals surface area (Å²) >= 11 is 0. The highest BCUT2D eigenvalue weighted by Gasteiger charge is 2.14. The Morgan fingerprint density at radius 1 is 1.00 bits per heavy atom. The summed E-state index contributed by atoms with van der Waals surface area (Å²) in [5.74, 6) is 1.40. The average molecular weight is 354 g/mol. The zero-order valence-corrected chi connectivity index (χ0v) is 15.1. The second-order valence-corrected chi connectivity index (χ2v) is 5.78. The number of methoxy groups -OCH3 is 3. The predicted molar refractivity (Wildman–Crippen MR) is 101 cm³/mol. The summed E-state index contributed by atoms with van der Waals surface area (Å²) in [6.07, 6.45) is 2.35. The molecule has 26 heavy (non-hydrogen) atoms. The molecule has 1 aromatic heterocycles. The number of para-hydroxylation sites is 1. The largest absolute Gasteiger partial charge is 0.493 e. The molecule has 136 valence electrons. The summed E-state index contributed by atoms with van der Waals surface area (Å²) in [4.78, 5) is 12.4. The van der Waals surface area contributed by atoms with Gasteiger partial charge in [-0.25, -0.2) is 0 Å². The Bertz CT molecular complexity index is 892. The zero-order valence-electron chi connectivity index (χ0n) is 15.1. The van der Waals surface area contributed by atoms with Crippen LogP contribution in [0.4, 0.5) is 5.69 Å². The molecule has 0 fully saturated rings. The number of carbonyl (C=O) groups is 1. The number of aryl methyl sites for hydroxylation is 1. The molecule has 0 unspecified atom stereocenters. The summed E-state index contributed by atoms with van der Waals surface area (Å²) in [6.45, 7) is 0.601. The lowest BCUT2D eigenvalue weighted by molar-refractivity contribution is -0.116. The van der Waals surface area contributed by atoms with Crippen LogP contribution in [-0.4, -0.2) is 31.8 Å². The minimum atomic E-state index is -0.0861. The van der Waals surface area contributed by atoms with Crippen LogP contribution in [0.25, 0.3) is 10.9 Å². The monoisotopic (exact) mass is 354 g/mol. The van der Waals surface area contributed by atoms with Gasteiger partial charge in [0.1, 0.15) is 0 Å². The van der Waals surface area contributed by atoms with Gasteiger partial charge >= 0.3 is 0 Å². The van der Waals surface area contributed by atoms with Crippen molar-refractivity contribution in [1.29, 1.82) is 0 Å². The molecule has 0 aliphatic carbocycles. The van der Waals surface area contributed by atoms with Gasteiger partial charge in [-0.2, -0.15) is 0 Å². The van der Waals surface area contributed by atoms with Gasteiger partial charge in [0.05, 0.1) is 21.3 Å². The Morgan fingerprint density at radius 3 is 2.35 bits per heavy atom. The Kier molecular flexibility index (Phi) is 5.31. The molecule has 2 aromatic carbocycles. The van der Waals surface area contributed by atoms with Gasteiger partial charge in [0.15, 0.2) is 11.5 Å².